The molecular weight excluding hydrogens is 338 g/mol. The second-order valence-electron chi connectivity index (χ2n) is 7.43. The van der Waals surface area contributed by atoms with Crippen molar-refractivity contribution >= 4 is 17.8 Å². The Morgan fingerprint density at radius 3 is 2.12 bits per heavy atom. The lowest BCUT2D eigenvalue weighted by atomic mass is 10.1. The van der Waals surface area contributed by atoms with Crippen molar-refractivity contribution in [2.45, 2.75) is 57.8 Å². The Hall–Kier alpha value is -2.25. The molecule has 0 radical (unpaired) electrons. The van der Waals surface area contributed by atoms with Gasteiger partial charge in [-0.3, -0.25) is 19.3 Å². The fourth-order valence-corrected chi connectivity index (χ4v) is 2.81. The summed E-state index contributed by atoms with van der Waals surface area (Å²) in [5, 5.41) is 20.0. The Balaban J connectivity index is 1.80. The molecule has 0 fully saturated rings. The number of benzene rings is 1. The Labute approximate surface area is 152 Å². The number of aliphatic hydroxyl groups is 2. The minimum absolute atomic E-state index is 0.0393. The van der Waals surface area contributed by atoms with Crippen molar-refractivity contribution in [2.75, 3.05) is 6.54 Å². The van der Waals surface area contributed by atoms with Crippen molar-refractivity contribution in [3.63, 3.8) is 0 Å². The van der Waals surface area contributed by atoms with Crippen molar-refractivity contribution in [1.82, 2.24) is 4.90 Å². The van der Waals surface area contributed by atoms with E-state index in [1.165, 1.54) is 0 Å². The Morgan fingerprint density at radius 2 is 1.62 bits per heavy atom. The number of amides is 2. The molecule has 0 saturated heterocycles. The molecule has 1 heterocycles. The standard InChI is InChI=1S/C19H25NO6/c1-19(2,3)26-16(23)11-13(22)10-12(21)8-9-20-17(24)14-6-4-5-7-15(14)18(20)25/h4-7,12-13,21-22H,8-11H2,1-3H3/t12-,13-/m1/s1. The van der Waals surface area contributed by atoms with Gasteiger partial charge in [0.1, 0.15) is 5.60 Å². The molecule has 0 spiro atoms. The monoisotopic (exact) mass is 363 g/mol. The number of carbonyl (C=O) groups is 3. The van der Waals surface area contributed by atoms with Gasteiger partial charge in [0.2, 0.25) is 0 Å². The fraction of sp³-hybridized carbons (Fsp3) is 0.526. The maximum Gasteiger partial charge on any atom is 0.308 e. The van der Waals surface area contributed by atoms with Gasteiger partial charge in [-0.15, -0.1) is 0 Å². The van der Waals surface area contributed by atoms with E-state index in [9.17, 15) is 24.6 Å². The molecule has 142 valence electrons. The maximum atomic E-state index is 12.2. The van der Waals surface area contributed by atoms with Crippen LogP contribution < -0.4 is 0 Å². The van der Waals surface area contributed by atoms with Crippen LogP contribution in [-0.4, -0.2) is 57.3 Å². The molecule has 2 rings (SSSR count). The molecule has 0 bridgehead atoms. The first-order chi connectivity index (χ1) is 12.1. The Bertz CT molecular complexity index is 659. The fourth-order valence-electron chi connectivity index (χ4n) is 2.81. The van der Waals surface area contributed by atoms with E-state index in [1.807, 2.05) is 0 Å². The van der Waals surface area contributed by atoms with Crippen molar-refractivity contribution in [2.24, 2.45) is 0 Å². The third-order valence-electron chi connectivity index (χ3n) is 3.93. The molecule has 2 atom stereocenters. The number of nitrogens with zero attached hydrogens (tertiary/aromatic N) is 1. The molecule has 0 saturated carbocycles. The number of aliphatic hydroxyl groups excluding tert-OH is 2. The van der Waals surface area contributed by atoms with E-state index < -0.39 is 23.8 Å². The lowest BCUT2D eigenvalue weighted by molar-refractivity contribution is -0.157. The van der Waals surface area contributed by atoms with Crippen LogP contribution in [0.15, 0.2) is 24.3 Å². The van der Waals surface area contributed by atoms with Gasteiger partial charge in [0.05, 0.1) is 29.8 Å². The number of fused-ring (bicyclic) bond motifs is 1. The molecule has 1 aliphatic heterocycles. The number of carbonyl (C=O) groups excluding carboxylic acids is 3. The summed E-state index contributed by atoms with van der Waals surface area (Å²) in [5.74, 6) is -1.31. The van der Waals surface area contributed by atoms with Crippen molar-refractivity contribution in [1.29, 1.82) is 0 Å². The molecule has 7 nitrogen and oxygen atoms in total. The summed E-state index contributed by atoms with van der Waals surface area (Å²) >= 11 is 0. The lowest BCUT2D eigenvalue weighted by Gasteiger charge is -2.22. The van der Waals surface area contributed by atoms with E-state index in [1.54, 1.807) is 45.0 Å². The van der Waals surface area contributed by atoms with Gasteiger partial charge < -0.3 is 14.9 Å². The average molecular weight is 363 g/mol. The third kappa shape index (κ3) is 5.12. The summed E-state index contributed by atoms with van der Waals surface area (Å²) in [4.78, 5) is 37.2. The highest BCUT2D eigenvalue weighted by Crippen LogP contribution is 2.23. The van der Waals surface area contributed by atoms with Gasteiger partial charge in [0.25, 0.3) is 11.8 Å². The summed E-state index contributed by atoms with van der Waals surface area (Å²) < 4.78 is 5.12. The van der Waals surface area contributed by atoms with Gasteiger partial charge >= 0.3 is 5.97 Å². The van der Waals surface area contributed by atoms with Crippen LogP contribution in [0.2, 0.25) is 0 Å². The molecule has 0 unspecified atom stereocenters. The minimum Gasteiger partial charge on any atom is -0.460 e. The second-order valence-corrected chi connectivity index (χ2v) is 7.43. The number of hydrogen-bond donors (Lipinski definition) is 2. The van der Waals surface area contributed by atoms with Gasteiger partial charge in [-0.1, -0.05) is 12.1 Å². The summed E-state index contributed by atoms with van der Waals surface area (Å²) in [5.41, 5.74) is 0.0786. The smallest absolute Gasteiger partial charge is 0.308 e. The first kappa shape index (κ1) is 20.1. The van der Waals surface area contributed by atoms with E-state index in [0.29, 0.717) is 11.1 Å². The van der Waals surface area contributed by atoms with Gasteiger partial charge in [-0.25, -0.2) is 0 Å². The zero-order chi connectivity index (χ0) is 19.5. The van der Waals surface area contributed by atoms with Gasteiger partial charge in [0.15, 0.2) is 0 Å². The van der Waals surface area contributed by atoms with E-state index in [4.69, 9.17) is 4.74 Å². The SMILES string of the molecule is CC(C)(C)OC(=O)C[C@H](O)C[C@H](O)CCN1C(=O)c2ccccc2C1=O. The molecule has 26 heavy (non-hydrogen) atoms. The number of esters is 1. The van der Waals surface area contributed by atoms with Crippen LogP contribution in [-0.2, 0) is 9.53 Å². The molecular formula is C19H25NO6. The second kappa shape index (κ2) is 7.97. The van der Waals surface area contributed by atoms with Crippen LogP contribution in [0.25, 0.3) is 0 Å². The molecule has 1 aliphatic rings. The normalized spacial score (nSPS) is 16.4. The van der Waals surface area contributed by atoms with E-state index in [-0.39, 0.29) is 37.6 Å². The van der Waals surface area contributed by atoms with Crippen LogP contribution in [0.4, 0.5) is 0 Å². The highest BCUT2D eigenvalue weighted by Gasteiger charge is 2.35. The highest BCUT2D eigenvalue weighted by molar-refractivity contribution is 6.21. The quantitative estimate of drug-likeness (QED) is 0.562. The third-order valence-corrected chi connectivity index (χ3v) is 3.93. The number of hydrogen-bond acceptors (Lipinski definition) is 6. The molecule has 2 N–H and O–H groups in total. The average Bonchev–Trinajstić information content (AvgIpc) is 2.75. The Morgan fingerprint density at radius 1 is 1.08 bits per heavy atom. The Kier molecular flexibility index (Phi) is 6.15. The zero-order valence-corrected chi connectivity index (χ0v) is 15.3. The summed E-state index contributed by atoms with van der Waals surface area (Å²) in [6.45, 7) is 5.24. The van der Waals surface area contributed by atoms with Crippen LogP contribution in [0.3, 0.4) is 0 Å². The predicted molar refractivity (Wildman–Crippen MR) is 93.5 cm³/mol. The molecule has 1 aromatic carbocycles. The topological polar surface area (TPSA) is 104 Å². The highest BCUT2D eigenvalue weighted by atomic mass is 16.6. The lowest BCUT2D eigenvalue weighted by Crippen LogP contribution is -2.33. The summed E-state index contributed by atoms with van der Waals surface area (Å²) in [7, 11) is 0. The predicted octanol–water partition coefficient (Wildman–Crippen LogP) is 1.52. The molecule has 1 aromatic rings. The molecule has 7 heteroatoms. The van der Waals surface area contributed by atoms with Crippen molar-refractivity contribution in [3.8, 4) is 0 Å². The van der Waals surface area contributed by atoms with Gasteiger partial charge in [0, 0.05) is 6.54 Å². The first-order valence-corrected chi connectivity index (χ1v) is 8.61. The number of ether oxygens (including phenoxy) is 1. The van der Waals surface area contributed by atoms with Crippen LogP contribution in [0.1, 0.15) is 60.7 Å². The number of rotatable bonds is 7. The van der Waals surface area contributed by atoms with Crippen LogP contribution in [0.5, 0.6) is 0 Å². The molecule has 0 aliphatic carbocycles. The maximum absolute atomic E-state index is 12.2. The van der Waals surface area contributed by atoms with E-state index in [0.717, 1.165) is 4.90 Å². The largest absolute Gasteiger partial charge is 0.460 e. The van der Waals surface area contributed by atoms with Gasteiger partial charge in [-0.2, -0.15) is 0 Å². The summed E-state index contributed by atoms with van der Waals surface area (Å²) in [6.07, 6.45) is -2.14. The zero-order valence-electron chi connectivity index (χ0n) is 15.3. The molecule has 2 amide bonds. The molecule has 0 aromatic heterocycles. The summed E-state index contributed by atoms with van der Waals surface area (Å²) in [6, 6.07) is 6.57. The van der Waals surface area contributed by atoms with Crippen LogP contribution >= 0.6 is 0 Å². The van der Waals surface area contributed by atoms with E-state index >= 15 is 0 Å². The van der Waals surface area contributed by atoms with Crippen molar-refractivity contribution < 1.29 is 29.3 Å². The van der Waals surface area contributed by atoms with Gasteiger partial charge in [-0.05, 0) is 45.7 Å². The van der Waals surface area contributed by atoms with E-state index in [2.05, 4.69) is 0 Å². The first-order valence-electron chi connectivity index (χ1n) is 8.61. The number of imide groups is 1. The van der Waals surface area contributed by atoms with Crippen molar-refractivity contribution in [3.05, 3.63) is 35.4 Å². The van der Waals surface area contributed by atoms with Crippen LogP contribution in [0, 0.1) is 0 Å². The minimum atomic E-state index is -1.05.